The van der Waals surface area contributed by atoms with Crippen molar-refractivity contribution in [2.45, 2.75) is 50.7 Å². The molecule has 1 saturated carbocycles. The van der Waals surface area contributed by atoms with Gasteiger partial charge in [0.1, 0.15) is 11.5 Å². The summed E-state index contributed by atoms with van der Waals surface area (Å²) < 4.78 is 5.81. The lowest BCUT2D eigenvalue weighted by molar-refractivity contribution is -0.122. The summed E-state index contributed by atoms with van der Waals surface area (Å²) in [5.41, 5.74) is 1.05. The monoisotopic (exact) mass is 313 g/mol. The predicted octanol–water partition coefficient (Wildman–Crippen LogP) is 3.30. The molecule has 0 saturated heterocycles. The number of aliphatic hydroxyl groups excluding tert-OH is 1. The Morgan fingerprint density at radius 2 is 1.83 bits per heavy atom. The van der Waals surface area contributed by atoms with Crippen LogP contribution in [0.2, 0.25) is 0 Å². The van der Waals surface area contributed by atoms with E-state index in [2.05, 4.69) is 5.32 Å². The van der Waals surface area contributed by atoms with E-state index in [1.807, 2.05) is 42.5 Å². The molecular formula is C19H23NO3. The fourth-order valence-electron chi connectivity index (χ4n) is 3.03. The molecule has 1 amide bonds. The number of aliphatic hydroxyl groups is 1. The highest BCUT2D eigenvalue weighted by Crippen LogP contribution is 2.22. The Hall–Kier alpha value is -2.07. The predicted molar refractivity (Wildman–Crippen MR) is 88.9 cm³/mol. The minimum atomic E-state index is -0.192. The Bertz CT molecular complexity index is 627. The van der Waals surface area contributed by atoms with Crippen LogP contribution in [-0.4, -0.2) is 23.2 Å². The van der Waals surface area contributed by atoms with Crippen molar-refractivity contribution in [2.24, 2.45) is 0 Å². The van der Waals surface area contributed by atoms with Crippen molar-refractivity contribution in [1.82, 2.24) is 5.32 Å². The SMILES string of the molecule is O=C(CCc1ccc(-c2ccccc2)o1)NC1CCC(O)CC1. The molecule has 2 N–H and O–H groups in total. The summed E-state index contributed by atoms with van der Waals surface area (Å²) >= 11 is 0. The number of aryl methyl sites for hydroxylation is 1. The first-order chi connectivity index (χ1) is 11.2. The zero-order valence-corrected chi connectivity index (χ0v) is 13.2. The quantitative estimate of drug-likeness (QED) is 0.890. The van der Waals surface area contributed by atoms with Crippen molar-refractivity contribution in [3.05, 3.63) is 48.2 Å². The topological polar surface area (TPSA) is 62.5 Å². The minimum Gasteiger partial charge on any atom is -0.461 e. The van der Waals surface area contributed by atoms with E-state index >= 15 is 0 Å². The van der Waals surface area contributed by atoms with Crippen molar-refractivity contribution < 1.29 is 14.3 Å². The molecule has 1 fully saturated rings. The first kappa shape index (κ1) is 15.8. The van der Waals surface area contributed by atoms with E-state index in [0.29, 0.717) is 12.8 Å². The van der Waals surface area contributed by atoms with Crippen LogP contribution in [0.3, 0.4) is 0 Å². The van der Waals surface area contributed by atoms with Crippen LogP contribution in [0.4, 0.5) is 0 Å². The number of hydrogen-bond donors (Lipinski definition) is 2. The van der Waals surface area contributed by atoms with Crippen LogP contribution < -0.4 is 5.32 Å². The summed E-state index contributed by atoms with van der Waals surface area (Å²) in [6.07, 6.45) is 4.14. The van der Waals surface area contributed by atoms with E-state index in [1.165, 1.54) is 0 Å². The standard InChI is InChI=1S/C19H23NO3/c21-16-8-6-15(7-9-16)20-19(22)13-11-17-10-12-18(23-17)14-4-2-1-3-5-14/h1-5,10,12,15-16,21H,6-9,11,13H2,(H,20,22). The molecule has 0 spiro atoms. The van der Waals surface area contributed by atoms with Gasteiger partial charge in [0.15, 0.2) is 0 Å². The zero-order valence-electron chi connectivity index (χ0n) is 13.2. The van der Waals surface area contributed by atoms with E-state index in [4.69, 9.17) is 4.42 Å². The molecule has 1 aromatic carbocycles. The van der Waals surface area contributed by atoms with Gasteiger partial charge in [-0.1, -0.05) is 30.3 Å². The fourth-order valence-corrected chi connectivity index (χ4v) is 3.03. The van der Waals surface area contributed by atoms with Gasteiger partial charge in [0.25, 0.3) is 0 Å². The molecule has 4 nitrogen and oxygen atoms in total. The Kier molecular flexibility index (Phi) is 5.13. The normalized spacial score (nSPS) is 21.1. The first-order valence-electron chi connectivity index (χ1n) is 8.32. The Labute approximate surface area is 136 Å². The summed E-state index contributed by atoms with van der Waals surface area (Å²) in [5, 5.41) is 12.5. The molecule has 0 radical (unpaired) electrons. The van der Waals surface area contributed by atoms with Crippen LogP contribution in [0.15, 0.2) is 46.9 Å². The van der Waals surface area contributed by atoms with Crippen molar-refractivity contribution in [3.63, 3.8) is 0 Å². The highest BCUT2D eigenvalue weighted by atomic mass is 16.3. The summed E-state index contributed by atoms with van der Waals surface area (Å²) in [4.78, 5) is 12.0. The van der Waals surface area contributed by atoms with Gasteiger partial charge in [-0.05, 0) is 37.8 Å². The fraction of sp³-hybridized carbons (Fsp3) is 0.421. The Morgan fingerprint density at radius 1 is 1.09 bits per heavy atom. The minimum absolute atomic E-state index is 0.0593. The molecule has 4 heteroatoms. The molecule has 2 aromatic rings. The molecule has 23 heavy (non-hydrogen) atoms. The maximum Gasteiger partial charge on any atom is 0.220 e. The smallest absolute Gasteiger partial charge is 0.220 e. The van der Waals surface area contributed by atoms with Gasteiger partial charge in [0.05, 0.1) is 6.10 Å². The number of carbonyl (C=O) groups is 1. The summed E-state index contributed by atoms with van der Waals surface area (Å²) in [5.74, 6) is 1.73. The van der Waals surface area contributed by atoms with Gasteiger partial charge in [0.2, 0.25) is 5.91 Å². The third kappa shape index (κ3) is 4.45. The van der Waals surface area contributed by atoms with Gasteiger partial charge in [-0.3, -0.25) is 4.79 Å². The average Bonchev–Trinajstić information content (AvgIpc) is 3.05. The molecule has 0 aliphatic heterocycles. The van der Waals surface area contributed by atoms with E-state index in [-0.39, 0.29) is 18.1 Å². The lowest BCUT2D eigenvalue weighted by Gasteiger charge is -2.26. The van der Waals surface area contributed by atoms with E-state index in [0.717, 1.165) is 42.8 Å². The van der Waals surface area contributed by atoms with Crippen molar-refractivity contribution >= 4 is 5.91 Å². The van der Waals surface area contributed by atoms with Gasteiger partial charge in [-0.15, -0.1) is 0 Å². The molecule has 1 aromatic heterocycles. The van der Waals surface area contributed by atoms with Crippen LogP contribution in [0.5, 0.6) is 0 Å². The first-order valence-corrected chi connectivity index (χ1v) is 8.32. The highest BCUT2D eigenvalue weighted by Gasteiger charge is 2.20. The van der Waals surface area contributed by atoms with Crippen LogP contribution >= 0.6 is 0 Å². The molecule has 1 aliphatic rings. The Morgan fingerprint density at radius 3 is 2.57 bits per heavy atom. The second-order valence-corrected chi connectivity index (χ2v) is 6.20. The van der Waals surface area contributed by atoms with Crippen LogP contribution in [0, 0.1) is 0 Å². The second kappa shape index (κ2) is 7.47. The number of amides is 1. The van der Waals surface area contributed by atoms with Gasteiger partial charge < -0.3 is 14.8 Å². The lowest BCUT2D eigenvalue weighted by Crippen LogP contribution is -2.38. The number of carbonyl (C=O) groups excluding carboxylic acids is 1. The molecule has 1 aliphatic carbocycles. The van der Waals surface area contributed by atoms with Crippen molar-refractivity contribution in [2.75, 3.05) is 0 Å². The number of nitrogens with one attached hydrogen (secondary N) is 1. The molecule has 0 bridgehead atoms. The third-order valence-corrected chi connectivity index (χ3v) is 4.38. The maximum atomic E-state index is 12.0. The third-order valence-electron chi connectivity index (χ3n) is 4.38. The van der Waals surface area contributed by atoms with Gasteiger partial charge in [-0.25, -0.2) is 0 Å². The number of rotatable bonds is 5. The molecule has 0 unspecified atom stereocenters. The summed E-state index contributed by atoms with van der Waals surface area (Å²) in [7, 11) is 0. The molecular weight excluding hydrogens is 290 g/mol. The number of furan rings is 1. The van der Waals surface area contributed by atoms with E-state index in [9.17, 15) is 9.90 Å². The second-order valence-electron chi connectivity index (χ2n) is 6.20. The Balaban J connectivity index is 1.47. The van der Waals surface area contributed by atoms with Crippen LogP contribution in [0.1, 0.15) is 37.9 Å². The van der Waals surface area contributed by atoms with E-state index < -0.39 is 0 Å². The lowest BCUT2D eigenvalue weighted by atomic mass is 9.93. The highest BCUT2D eigenvalue weighted by molar-refractivity contribution is 5.76. The van der Waals surface area contributed by atoms with Gasteiger partial charge in [0, 0.05) is 24.4 Å². The van der Waals surface area contributed by atoms with Crippen LogP contribution in [-0.2, 0) is 11.2 Å². The van der Waals surface area contributed by atoms with Gasteiger partial charge in [-0.2, -0.15) is 0 Å². The van der Waals surface area contributed by atoms with Crippen LogP contribution in [0.25, 0.3) is 11.3 Å². The zero-order chi connectivity index (χ0) is 16.1. The van der Waals surface area contributed by atoms with Crippen molar-refractivity contribution in [3.8, 4) is 11.3 Å². The maximum absolute atomic E-state index is 12.0. The van der Waals surface area contributed by atoms with E-state index in [1.54, 1.807) is 0 Å². The molecule has 122 valence electrons. The largest absolute Gasteiger partial charge is 0.461 e. The summed E-state index contributed by atoms with van der Waals surface area (Å²) in [6, 6.07) is 14.0. The molecule has 0 atom stereocenters. The number of hydrogen-bond acceptors (Lipinski definition) is 3. The molecule has 1 heterocycles. The van der Waals surface area contributed by atoms with Gasteiger partial charge >= 0.3 is 0 Å². The molecule has 3 rings (SSSR count). The summed E-state index contributed by atoms with van der Waals surface area (Å²) in [6.45, 7) is 0. The van der Waals surface area contributed by atoms with Crippen molar-refractivity contribution in [1.29, 1.82) is 0 Å². The number of benzene rings is 1. The average molecular weight is 313 g/mol.